The molecular formula is C17H16O5. The van der Waals surface area contributed by atoms with Gasteiger partial charge in [0, 0.05) is 6.42 Å². The first-order valence-electron chi connectivity index (χ1n) is 7.01. The molecule has 0 spiro atoms. The van der Waals surface area contributed by atoms with Crippen molar-refractivity contribution in [2.45, 2.75) is 20.3 Å². The number of para-hydroxylation sites is 1. The zero-order valence-electron chi connectivity index (χ0n) is 12.4. The number of carbonyl (C=O) groups is 2. The number of ketones is 1. The molecule has 0 radical (unpaired) electrons. The van der Waals surface area contributed by atoms with Gasteiger partial charge in [-0.3, -0.25) is 9.59 Å². The Morgan fingerprint density at radius 1 is 1.23 bits per heavy atom. The lowest BCUT2D eigenvalue weighted by atomic mass is 10.1. The first-order valence-corrected chi connectivity index (χ1v) is 7.01. The number of esters is 1. The van der Waals surface area contributed by atoms with E-state index in [1.807, 2.05) is 0 Å². The number of benzene rings is 1. The quantitative estimate of drug-likeness (QED) is 0.367. The highest BCUT2D eigenvalue weighted by Crippen LogP contribution is 2.14. The van der Waals surface area contributed by atoms with E-state index in [2.05, 4.69) is 0 Å². The molecule has 22 heavy (non-hydrogen) atoms. The fourth-order valence-electron chi connectivity index (χ4n) is 2.00. The van der Waals surface area contributed by atoms with E-state index in [0.717, 1.165) is 0 Å². The molecule has 0 fully saturated rings. The van der Waals surface area contributed by atoms with E-state index in [-0.39, 0.29) is 35.4 Å². The first kappa shape index (κ1) is 15.7. The van der Waals surface area contributed by atoms with E-state index in [1.165, 1.54) is 12.3 Å². The van der Waals surface area contributed by atoms with Gasteiger partial charge < -0.3 is 9.15 Å². The van der Waals surface area contributed by atoms with Crippen LogP contribution in [0.2, 0.25) is 0 Å². The smallest absolute Gasteiger partial charge is 0.341 e. The molecule has 0 bridgehead atoms. The molecular weight excluding hydrogens is 284 g/mol. The topological polar surface area (TPSA) is 73.6 Å². The Bertz CT molecular complexity index is 798. The Labute approximate surface area is 127 Å². The van der Waals surface area contributed by atoms with Crippen molar-refractivity contribution < 1.29 is 18.7 Å². The van der Waals surface area contributed by atoms with E-state index in [0.29, 0.717) is 11.0 Å². The summed E-state index contributed by atoms with van der Waals surface area (Å²) in [5, 5.41) is 0.392. The molecule has 1 aromatic carbocycles. The van der Waals surface area contributed by atoms with Crippen LogP contribution in [0.25, 0.3) is 17.0 Å². The lowest BCUT2D eigenvalue weighted by Gasteiger charge is -2.05. The third-order valence-corrected chi connectivity index (χ3v) is 3.12. The van der Waals surface area contributed by atoms with E-state index >= 15 is 0 Å². The lowest BCUT2D eigenvalue weighted by molar-refractivity contribution is -0.139. The molecule has 0 amide bonds. The SMILES string of the molecule is CCOC(=O)/C(=C\c1coc2ccccc2c1=O)C(=O)CC. The molecule has 0 saturated carbocycles. The van der Waals surface area contributed by atoms with Gasteiger partial charge in [0.25, 0.3) is 0 Å². The van der Waals surface area contributed by atoms with Gasteiger partial charge in [-0.2, -0.15) is 0 Å². The van der Waals surface area contributed by atoms with Gasteiger partial charge in [-0.25, -0.2) is 4.79 Å². The van der Waals surface area contributed by atoms with E-state index < -0.39 is 5.97 Å². The minimum absolute atomic E-state index is 0.142. The summed E-state index contributed by atoms with van der Waals surface area (Å²) < 4.78 is 10.2. The number of rotatable bonds is 5. The van der Waals surface area contributed by atoms with Crippen LogP contribution >= 0.6 is 0 Å². The van der Waals surface area contributed by atoms with Crippen LogP contribution in [0, 0.1) is 0 Å². The van der Waals surface area contributed by atoms with Crippen molar-refractivity contribution >= 4 is 28.8 Å². The molecule has 2 aromatic rings. The molecule has 0 saturated heterocycles. The van der Waals surface area contributed by atoms with Gasteiger partial charge in [-0.05, 0) is 25.1 Å². The summed E-state index contributed by atoms with van der Waals surface area (Å²) >= 11 is 0. The lowest BCUT2D eigenvalue weighted by Crippen LogP contribution is -2.16. The second kappa shape index (κ2) is 6.85. The van der Waals surface area contributed by atoms with Crippen molar-refractivity contribution in [1.82, 2.24) is 0 Å². The summed E-state index contributed by atoms with van der Waals surface area (Å²) in [6.07, 6.45) is 2.62. The molecule has 1 heterocycles. The fourth-order valence-corrected chi connectivity index (χ4v) is 2.00. The zero-order valence-corrected chi connectivity index (χ0v) is 12.4. The predicted molar refractivity (Wildman–Crippen MR) is 82.4 cm³/mol. The summed E-state index contributed by atoms with van der Waals surface area (Å²) in [6.45, 7) is 3.44. The van der Waals surface area contributed by atoms with Crippen LogP contribution in [-0.2, 0) is 14.3 Å². The largest absolute Gasteiger partial charge is 0.463 e. The Balaban J connectivity index is 2.57. The summed E-state index contributed by atoms with van der Waals surface area (Å²) in [4.78, 5) is 36.2. The van der Waals surface area contributed by atoms with Crippen molar-refractivity contribution in [1.29, 1.82) is 0 Å². The van der Waals surface area contributed by atoms with E-state index in [4.69, 9.17) is 9.15 Å². The highest BCUT2D eigenvalue weighted by atomic mass is 16.5. The molecule has 5 heteroatoms. The minimum atomic E-state index is -0.734. The van der Waals surface area contributed by atoms with Crippen LogP contribution in [-0.4, -0.2) is 18.4 Å². The molecule has 0 aliphatic carbocycles. The second-order valence-corrected chi connectivity index (χ2v) is 4.57. The fraction of sp³-hybridized carbons (Fsp3) is 0.235. The van der Waals surface area contributed by atoms with Gasteiger partial charge in [0.2, 0.25) is 0 Å². The average Bonchev–Trinajstić information content (AvgIpc) is 2.54. The molecule has 0 unspecified atom stereocenters. The van der Waals surface area contributed by atoms with Gasteiger partial charge in [-0.15, -0.1) is 0 Å². The number of hydrogen-bond donors (Lipinski definition) is 0. The van der Waals surface area contributed by atoms with Crippen LogP contribution in [0.1, 0.15) is 25.8 Å². The second-order valence-electron chi connectivity index (χ2n) is 4.57. The molecule has 0 atom stereocenters. The molecule has 5 nitrogen and oxygen atoms in total. The van der Waals surface area contributed by atoms with Gasteiger partial charge in [0.05, 0.1) is 17.6 Å². The Morgan fingerprint density at radius 2 is 1.95 bits per heavy atom. The van der Waals surface area contributed by atoms with Crippen LogP contribution < -0.4 is 5.43 Å². The molecule has 0 aliphatic heterocycles. The first-order chi connectivity index (χ1) is 10.6. The number of carbonyl (C=O) groups excluding carboxylic acids is 2. The van der Waals surface area contributed by atoms with E-state index in [9.17, 15) is 14.4 Å². The highest BCUT2D eigenvalue weighted by molar-refractivity contribution is 6.20. The molecule has 0 N–H and O–H groups in total. The molecule has 2 rings (SSSR count). The number of fused-ring (bicyclic) bond motifs is 1. The monoisotopic (exact) mass is 300 g/mol. The Kier molecular flexibility index (Phi) is 4.88. The summed E-state index contributed by atoms with van der Waals surface area (Å²) in [5.41, 5.74) is 0.146. The van der Waals surface area contributed by atoms with Crippen molar-refractivity contribution in [3.63, 3.8) is 0 Å². The van der Waals surface area contributed by atoms with Gasteiger partial charge >= 0.3 is 5.97 Å². The third-order valence-electron chi connectivity index (χ3n) is 3.12. The summed E-state index contributed by atoms with van der Waals surface area (Å²) in [7, 11) is 0. The maximum Gasteiger partial charge on any atom is 0.341 e. The van der Waals surface area contributed by atoms with Gasteiger partial charge in [0.1, 0.15) is 17.4 Å². The van der Waals surface area contributed by atoms with Crippen LogP contribution in [0.3, 0.4) is 0 Å². The Hall–Kier alpha value is -2.69. The number of Topliss-reactive ketones (excluding diaryl/α,β-unsaturated/α-hetero) is 1. The standard InChI is InChI=1S/C17H16O5/c1-3-14(18)13(17(20)21-4-2)9-11-10-22-15-8-6-5-7-12(15)16(11)19/h5-10H,3-4H2,1-2H3/b13-9-. The minimum Gasteiger partial charge on any atom is -0.463 e. The van der Waals surface area contributed by atoms with Crippen molar-refractivity contribution in [3.8, 4) is 0 Å². The zero-order chi connectivity index (χ0) is 16.1. The normalized spacial score (nSPS) is 11.5. The van der Waals surface area contributed by atoms with E-state index in [1.54, 1.807) is 38.1 Å². The molecule has 1 aromatic heterocycles. The van der Waals surface area contributed by atoms with Crippen LogP contribution in [0.5, 0.6) is 0 Å². The predicted octanol–water partition coefficient (Wildman–Crippen LogP) is 2.72. The van der Waals surface area contributed by atoms with Crippen LogP contribution in [0.4, 0.5) is 0 Å². The maximum absolute atomic E-state index is 12.4. The molecule has 114 valence electrons. The summed E-state index contributed by atoms with van der Waals surface area (Å²) in [6, 6.07) is 6.78. The number of ether oxygens (including phenoxy) is 1. The van der Waals surface area contributed by atoms with Gasteiger partial charge in [-0.1, -0.05) is 19.1 Å². The van der Waals surface area contributed by atoms with Crippen molar-refractivity contribution in [2.75, 3.05) is 6.61 Å². The Morgan fingerprint density at radius 3 is 2.64 bits per heavy atom. The van der Waals surface area contributed by atoms with Crippen molar-refractivity contribution in [3.05, 3.63) is 51.9 Å². The average molecular weight is 300 g/mol. The maximum atomic E-state index is 12.4. The molecule has 0 aliphatic rings. The number of hydrogen-bond acceptors (Lipinski definition) is 5. The summed E-state index contributed by atoms with van der Waals surface area (Å²) in [5.74, 6) is -1.12. The van der Waals surface area contributed by atoms with Crippen LogP contribution in [0.15, 0.2) is 45.3 Å². The van der Waals surface area contributed by atoms with Gasteiger partial charge in [0.15, 0.2) is 11.2 Å². The third kappa shape index (κ3) is 3.14. The van der Waals surface area contributed by atoms with Crippen molar-refractivity contribution in [2.24, 2.45) is 0 Å². The highest BCUT2D eigenvalue weighted by Gasteiger charge is 2.19.